The number of hydrogen-bond acceptors (Lipinski definition) is 3. The van der Waals surface area contributed by atoms with Crippen LogP contribution in [0.15, 0.2) is 11.3 Å². The SMILES string of the molecule is CCO/C(=C(\C#N)C1(O)CCCCC1)C(F)(F)C(F)(F)F. The number of rotatable bonds is 4. The third-order valence-corrected chi connectivity index (χ3v) is 3.41. The molecule has 1 aliphatic rings. The van der Waals surface area contributed by atoms with E-state index in [-0.39, 0.29) is 12.8 Å². The molecule has 1 aliphatic carbocycles. The van der Waals surface area contributed by atoms with E-state index in [1.807, 2.05) is 0 Å². The molecule has 0 unspecified atom stereocenters. The summed E-state index contributed by atoms with van der Waals surface area (Å²) in [6.07, 6.45) is -4.37. The van der Waals surface area contributed by atoms with Crippen molar-refractivity contribution in [3.8, 4) is 6.07 Å². The molecule has 0 spiro atoms. The Morgan fingerprint density at radius 2 is 1.71 bits per heavy atom. The molecule has 8 heteroatoms. The summed E-state index contributed by atoms with van der Waals surface area (Å²) >= 11 is 0. The Labute approximate surface area is 119 Å². The molecule has 21 heavy (non-hydrogen) atoms. The number of nitriles is 1. The summed E-state index contributed by atoms with van der Waals surface area (Å²) in [6, 6.07) is 1.30. The number of halogens is 5. The van der Waals surface area contributed by atoms with Gasteiger partial charge in [-0.15, -0.1) is 0 Å². The maximum Gasteiger partial charge on any atom is 0.461 e. The zero-order valence-electron chi connectivity index (χ0n) is 11.4. The van der Waals surface area contributed by atoms with E-state index >= 15 is 0 Å². The van der Waals surface area contributed by atoms with E-state index in [9.17, 15) is 27.1 Å². The second-order valence-electron chi connectivity index (χ2n) is 4.91. The first kappa shape index (κ1) is 17.7. The van der Waals surface area contributed by atoms with Crippen LogP contribution in [0.1, 0.15) is 39.0 Å². The zero-order valence-corrected chi connectivity index (χ0v) is 11.4. The second-order valence-corrected chi connectivity index (χ2v) is 4.91. The number of ether oxygens (including phenoxy) is 1. The fourth-order valence-electron chi connectivity index (χ4n) is 2.35. The first-order chi connectivity index (χ1) is 9.60. The van der Waals surface area contributed by atoms with Gasteiger partial charge in [0.15, 0.2) is 5.76 Å². The molecule has 1 saturated carbocycles. The van der Waals surface area contributed by atoms with Crippen LogP contribution in [0.3, 0.4) is 0 Å². The Kier molecular flexibility index (Phi) is 5.20. The van der Waals surface area contributed by atoms with Crippen LogP contribution in [0.25, 0.3) is 0 Å². The van der Waals surface area contributed by atoms with Crippen LogP contribution in [0.4, 0.5) is 22.0 Å². The van der Waals surface area contributed by atoms with Gasteiger partial charge in [-0.2, -0.15) is 27.2 Å². The maximum atomic E-state index is 13.6. The number of aliphatic hydroxyl groups is 1. The fourth-order valence-corrected chi connectivity index (χ4v) is 2.35. The molecule has 0 bridgehead atoms. The summed E-state index contributed by atoms with van der Waals surface area (Å²) in [5, 5.41) is 19.3. The largest absolute Gasteiger partial charge is 0.491 e. The van der Waals surface area contributed by atoms with E-state index in [0.29, 0.717) is 12.8 Å². The lowest BCUT2D eigenvalue weighted by molar-refractivity contribution is -0.277. The van der Waals surface area contributed by atoms with Gasteiger partial charge in [-0.1, -0.05) is 19.3 Å². The van der Waals surface area contributed by atoms with Crippen LogP contribution in [-0.4, -0.2) is 29.4 Å². The minimum atomic E-state index is -5.90. The van der Waals surface area contributed by atoms with Crippen molar-refractivity contribution in [3.63, 3.8) is 0 Å². The van der Waals surface area contributed by atoms with Crippen molar-refractivity contribution in [1.29, 1.82) is 5.26 Å². The third-order valence-electron chi connectivity index (χ3n) is 3.41. The highest BCUT2D eigenvalue weighted by Gasteiger charge is 2.63. The highest BCUT2D eigenvalue weighted by atomic mass is 19.4. The van der Waals surface area contributed by atoms with Crippen molar-refractivity contribution in [2.45, 2.75) is 56.7 Å². The summed E-state index contributed by atoms with van der Waals surface area (Å²) < 4.78 is 69.2. The van der Waals surface area contributed by atoms with E-state index in [2.05, 4.69) is 4.74 Å². The molecule has 0 heterocycles. The average molecular weight is 313 g/mol. The number of allylic oxidation sites excluding steroid dienone is 1. The van der Waals surface area contributed by atoms with Crippen molar-refractivity contribution in [2.24, 2.45) is 0 Å². The van der Waals surface area contributed by atoms with Gasteiger partial charge in [0.2, 0.25) is 0 Å². The van der Waals surface area contributed by atoms with Gasteiger partial charge < -0.3 is 9.84 Å². The Bertz CT molecular complexity index is 444. The van der Waals surface area contributed by atoms with Crippen LogP contribution in [0.5, 0.6) is 0 Å². The van der Waals surface area contributed by atoms with Crippen LogP contribution in [0, 0.1) is 11.3 Å². The molecule has 120 valence electrons. The number of alkyl halides is 5. The second kappa shape index (κ2) is 6.18. The summed E-state index contributed by atoms with van der Waals surface area (Å²) in [4.78, 5) is 0. The highest BCUT2D eigenvalue weighted by molar-refractivity contribution is 5.38. The highest BCUT2D eigenvalue weighted by Crippen LogP contribution is 2.46. The van der Waals surface area contributed by atoms with Gasteiger partial charge in [0, 0.05) is 0 Å². The molecule has 0 radical (unpaired) electrons. The van der Waals surface area contributed by atoms with Crippen LogP contribution in [0.2, 0.25) is 0 Å². The normalized spacial score (nSPS) is 20.5. The van der Waals surface area contributed by atoms with Crippen molar-refractivity contribution in [3.05, 3.63) is 11.3 Å². The molecule has 0 aliphatic heterocycles. The van der Waals surface area contributed by atoms with Gasteiger partial charge >= 0.3 is 12.1 Å². The first-order valence-electron chi connectivity index (χ1n) is 6.55. The van der Waals surface area contributed by atoms with Crippen LogP contribution >= 0.6 is 0 Å². The van der Waals surface area contributed by atoms with Crippen molar-refractivity contribution < 1.29 is 31.8 Å². The van der Waals surface area contributed by atoms with Crippen LogP contribution in [-0.2, 0) is 4.74 Å². The molecule has 0 aromatic carbocycles. The lowest BCUT2D eigenvalue weighted by Crippen LogP contribution is -2.43. The Balaban J connectivity index is 3.42. The standard InChI is InChI=1S/C13H16F5NO2/c1-2-21-10(12(14,15)13(16,17)18)9(8-19)11(20)6-4-3-5-7-11/h20H,2-7H2,1H3/b10-9+. The van der Waals surface area contributed by atoms with E-state index in [0.717, 1.165) is 6.42 Å². The van der Waals surface area contributed by atoms with Crippen LogP contribution < -0.4 is 0 Å². The topological polar surface area (TPSA) is 53.2 Å². The minimum Gasteiger partial charge on any atom is -0.491 e. The molecular formula is C13H16F5NO2. The van der Waals surface area contributed by atoms with Crippen molar-refractivity contribution in [2.75, 3.05) is 6.61 Å². The molecule has 0 saturated heterocycles. The number of hydrogen-bond donors (Lipinski definition) is 1. The minimum absolute atomic E-state index is 0.0413. The Morgan fingerprint density at radius 3 is 2.10 bits per heavy atom. The molecule has 1 N–H and O–H groups in total. The van der Waals surface area contributed by atoms with Gasteiger partial charge in [-0.3, -0.25) is 0 Å². The Hall–Kier alpha value is -1.36. The monoisotopic (exact) mass is 313 g/mol. The van der Waals surface area contributed by atoms with E-state index in [1.165, 1.54) is 13.0 Å². The molecule has 0 atom stereocenters. The molecule has 0 aromatic rings. The molecule has 0 aromatic heterocycles. The average Bonchev–Trinajstić information content (AvgIpc) is 2.37. The molecule has 0 amide bonds. The predicted octanol–water partition coefficient (Wildman–Crippen LogP) is 3.69. The van der Waals surface area contributed by atoms with Crippen molar-refractivity contribution >= 4 is 0 Å². The summed E-state index contributed by atoms with van der Waals surface area (Å²) in [6.45, 7) is 0.759. The third kappa shape index (κ3) is 3.46. The lowest BCUT2D eigenvalue weighted by atomic mass is 9.78. The maximum absolute atomic E-state index is 13.6. The fraction of sp³-hybridized carbons (Fsp3) is 0.769. The predicted molar refractivity (Wildman–Crippen MR) is 63.3 cm³/mol. The molecule has 3 nitrogen and oxygen atoms in total. The smallest absolute Gasteiger partial charge is 0.461 e. The summed E-state index contributed by atoms with van der Waals surface area (Å²) in [5.74, 6) is -7.11. The van der Waals surface area contributed by atoms with Gasteiger partial charge in [-0.05, 0) is 19.8 Å². The van der Waals surface area contributed by atoms with E-state index < -0.39 is 35.6 Å². The quantitative estimate of drug-likeness (QED) is 0.489. The summed E-state index contributed by atoms with van der Waals surface area (Å²) in [7, 11) is 0. The van der Waals surface area contributed by atoms with Crippen molar-refractivity contribution in [1.82, 2.24) is 0 Å². The van der Waals surface area contributed by atoms with Gasteiger partial charge in [0.25, 0.3) is 0 Å². The molecule has 1 rings (SSSR count). The lowest BCUT2D eigenvalue weighted by Gasteiger charge is -2.34. The zero-order chi connectivity index (χ0) is 16.3. The number of nitrogens with zero attached hydrogens (tertiary/aromatic N) is 1. The van der Waals surface area contributed by atoms with E-state index in [1.54, 1.807) is 0 Å². The first-order valence-corrected chi connectivity index (χ1v) is 6.55. The van der Waals surface area contributed by atoms with Gasteiger partial charge in [-0.25, -0.2) is 0 Å². The molecule has 1 fully saturated rings. The molecular weight excluding hydrogens is 297 g/mol. The van der Waals surface area contributed by atoms with Gasteiger partial charge in [0.05, 0.1) is 6.61 Å². The summed E-state index contributed by atoms with van der Waals surface area (Å²) in [5.41, 5.74) is -3.02. The Morgan fingerprint density at radius 1 is 1.19 bits per heavy atom. The van der Waals surface area contributed by atoms with Gasteiger partial charge in [0.1, 0.15) is 17.2 Å². The van der Waals surface area contributed by atoms with E-state index in [4.69, 9.17) is 5.26 Å².